The molecule has 0 bridgehead atoms. The number of benzene rings is 1. The van der Waals surface area contributed by atoms with Crippen molar-refractivity contribution in [3.05, 3.63) is 39.6 Å². The van der Waals surface area contributed by atoms with Crippen molar-refractivity contribution < 1.29 is 9.90 Å². The summed E-state index contributed by atoms with van der Waals surface area (Å²) in [5.74, 6) is -0.969. The number of aryl methyl sites for hydroxylation is 2. The highest BCUT2D eigenvalue weighted by atomic mass is 32.1. The minimum absolute atomic E-state index is 0.208. The van der Waals surface area contributed by atoms with Crippen LogP contribution in [0, 0.1) is 13.8 Å². The third-order valence-electron chi connectivity index (χ3n) is 2.70. The predicted octanol–water partition coefficient (Wildman–Crippen LogP) is 3.31. The Kier molecular flexibility index (Phi) is 2.90. The summed E-state index contributed by atoms with van der Waals surface area (Å²) in [5, 5.41) is 10.8. The standard InChI is InChI=1S/C13H13NO2S/c1-7-3-4-9(8(2)5-7)10-6-17-12(11(10)14)13(15)16/h3-6H,14H2,1-2H3,(H,15,16). The van der Waals surface area contributed by atoms with E-state index in [9.17, 15) is 4.79 Å². The number of thiophene rings is 1. The van der Waals surface area contributed by atoms with Gasteiger partial charge in [0, 0.05) is 10.9 Å². The first-order valence-corrected chi connectivity index (χ1v) is 6.06. The molecule has 0 amide bonds. The minimum atomic E-state index is -0.969. The fraction of sp³-hybridized carbons (Fsp3) is 0.154. The number of anilines is 1. The van der Waals surface area contributed by atoms with Gasteiger partial charge in [-0.05, 0) is 25.0 Å². The number of carboxylic acid groups (broad SMARTS) is 1. The van der Waals surface area contributed by atoms with Crippen molar-refractivity contribution in [3.8, 4) is 11.1 Å². The lowest BCUT2D eigenvalue weighted by molar-refractivity contribution is 0.0703. The van der Waals surface area contributed by atoms with Crippen molar-refractivity contribution in [2.45, 2.75) is 13.8 Å². The molecule has 88 valence electrons. The van der Waals surface area contributed by atoms with Crippen molar-refractivity contribution in [3.63, 3.8) is 0 Å². The van der Waals surface area contributed by atoms with E-state index in [4.69, 9.17) is 10.8 Å². The molecule has 17 heavy (non-hydrogen) atoms. The average molecular weight is 247 g/mol. The zero-order valence-corrected chi connectivity index (χ0v) is 10.5. The van der Waals surface area contributed by atoms with Crippen LogP contribution in [-0.4, -0.2) is 11.1 Å². The molecule has 0 fully saturated rings. The topological polar surface area (TPSA) is 63.3 Å². The Morgan fingerprint density at radius 1 is 1.29 bits per heavy atom. The van der Waals surface area contributed by atoms with Crippen LogP contribution < -0.4 is 5.73 Å². The van der Waals surface area contributed by atoms with E-state index in [0.29, 0.717) is 5.69 Å². The summed E-state index contributed by atoms with van der Waals surface area (Å²) >= 11 is 1.17. The van der Waals surface area contributed by atoms with Gasteiger partial charge in [0.2, 0.25) is 0 Å². The van der Waals surface area contributed by atoms with E-state index in [1.165, 1.54) is 16.9 Å². The third kappa shape index (κ3) is 2.03. The lowest BCUT2D eigenvalue weighted by Gasteiger charge is -2.06. The Morgan fingerprint density at radius 3 is 2.53 bits per heavy atom. The molecule has 1 aromatic carbocycles. The molecule has 0 aliphatic carbocycles. The molecule has 2 aromatic rings. The number of carbonyl (C=O) groups is 1. The Balaban J connectivity index is 2.57. The zero-order chi connectivity index (χ0) is 12.6. The van der Waals surface area contributed by atoms with Gasteiger partial charge in [-0.2, -0.15) is 0 Å². The maximum Gasteiger partial charge on any atom is 0.348 e. The summed E-state index contributed by atoms with van der Waals surface area (Å²) < 4.78 is 0. The Labute approximate surface area is 104 Å². The minimum Gasteiger partial charge on any atom is -0.477 e. The summed E-state index contributed by atoms with van der Waals surface area (Å²) in [6.07, 6.45) is 0. The molecule has 1 heterocycles. The summed E-state index contributed by atoms with van der Waals surface area (Å²) in [4.78, 5) is 11.1. The van der Waals surface area contributed by atoms with Gasteiger partial charge in [0.05, 0.1) is 5.69 Å². The first-order chi connectivity index (χ1) is 8.00. The van der Waals surface area contributed by atoms with Gasteiger partial charge in [0.1, 0.15) is 4.88 Å². The van der Waals surface area contributed by atoms with E-state index >= 15 is 0 Å². The second kappa shape index (κ2) is 4.22. The molecule has 0 spiro atoms. The average Bonchev–Trinajstić information content (AvgIpc) is 2.60. The first kappa shape index (κ1) is 11.7. The zero-order valence-electron chi connectivity index (χ0n) is 9.65. The van der Waals surface area contributed by atoms with E-state index in [1.807, 2.05) is 26.0 Å². The normalized spacial score (nSPS) is 10.5. The van der Waals surface area contributed by atoms with E-state index in [0.717, 1.165) is 16.7 Å². The van der Waals surface area contributed by atoms with Gasteiger partial charge in [0.25, 0.3) is 0 Å². The summed E-state index contributed by atoms with van der Waals surface area (Å²) in [7, 11) is 0. The SMILES string of the molecule is Cc1ccc(-c2csc(C(=O)O)c2N)c(C)c1. The molecule has 0 saturated heterocycles. The Bertz CT molecular complexity index is 587. The monoisotopic (exact) mass is 247 g/mol. The highest BCUT2D eigenvalue weighted by molar-refractivity contribution is 7.13. The lowest BCUT2D eigenvalue weighted by Crippen LogP contribution is -1.98. The smallest absolute Gasteiger partial charge is 0.348 e. The number of nitrogens with two attached hydrogens (primary N) is 1. The second-order valence-electron chi connectivity index (χ2n) is 4.02. The van der Waals surface area contributed by atoms with Crippen LogP contribution in [0.15, 0.2) is 23.6 Å². The molecule has 2 rings (SSSR count). The van der Waals surface area contributed by atoms with E-state index < -0.39 is 5.97 Å². The van der Waals surface area contributed by atoms with Crippen LogP contribution in [0.1, 0.15) is 20.8 Å². The van der Waals surface area contributed by atoms with E-state index in [1.54, 1.807) is 5.38 Å². The highest BCUT2D eigenvalue weighted by Crippen LogP contribution is 2.35. The van der Waals surface area contributed by atoms with Crippen LogP contribution in [0.4, 0.5) is 5.69 Å². The molecule has 0 aliphatic rings. The van der Waals surface area contributed by atoms with Crippen molar-refractivity contribution >= 4 is 23.0 Å². The molecule has 3 N–H and O–H groups in total. The largest absolute Gasteiger partial charge is 0.477 e. The molecule has 4 heteroatoms. The van der Waals surface area contributed by atoms with E-state index in [2.05, 4.69) is 6.07 Å². The predicted molar refractivity (Wildman–Crippen MR) is 70.6 cm³/mol. The number of hydrogen-bond donors (Lipinski definition) is 2. The summed E-state index contributed by atoms with van der Waals surface area (Å²) in [5.41, 5.74) is 10.3. The Morgan fingerprint density at radius 2 is 2.00 bits per heavy atom. The highest BCUT2D eigenvalue weighted by Gasteiger charge is 2.16. The molecule has 0 atom stereocenters. The van der Waals surface area contributed by atoms with Crippen LogP contribution in [0.3, 0.4) is 0 Å². The van der Waals surface area contributed by atoms with E-state index in [-0.39, 0.29) is 4.88 Å². The first-order valence-electron chi connectivity index (χ1n) is 5.18. The lowest BCUT2D eigenvalue weighted by atomic mass is 10.00. The number of hydrogen-bond acceptors (Lipinski definition) is 3. The Hall–Kier alpha value is -1.81. The fourth-order valence-electron chi connectivity index (χ4n) is 1.86. The van der Waals surface area contributed by atoms with Gasteiger partial charge in [-0.15, -0.1) is 11.3 Å². The fourth-order valence-corrected chi connectivity index (χ4v) is 2.68. The molecular weight excluding hydrogens is 234 g/mol. The third-order valence-corrected chi connectivity index (χ3v) is 3.68. The molecule has 3 nitrogen and oxygen atoms in total. The van der Waals surface area contributed by atoms with Crippen LogP contribution in [0.2, 0.25) is 0 Å². The maximum absolute atomic E-state index is 10.9. The van der Waals surface area contributed by atoms with Crippen LogP contribution in [0.5, 0.6) is 0 Å². The summed E-state index contributed by atoms with van der Waals surface area (Å²) in [6, 6.07) is 6.04. The second-order valence-corrected chi connectivity index (χ2v) is 4.90. The molecule has 0 saturated carbocycles. The van der Waals surface area contributed by atoms with Crippen LogP contribution in [0.25, 0.3) is 11.1 Å². The van der Waals surface area contributed by atoms with Gasteiger partial charge >= 0.3 is 5.97 Å². The quantitative estimate of drug-likeness (QED) is 0.855. The van der Waals surface area contributed by atoms with Gasteiger partial charge < -0.3 is 10.8 Å². The molecule has 0 aliphatic heterocycles. The van der Waals surface area contributed by atoms with Crippen LogP contribution >= 0.6 is 11.3 Å². The molecule has 0 radical (unpaired) electrons. The number of aromatic carboxylic acids is 1. The van der Waals surface area contributed by atoms with Gasteiger partial charge in [0.15, 0.2) is 0 Å². The maximum atomic E-state index is 10.9. The number of carboxylic acids is 1. The molecule has 0 unspecified atom stereocenters. The van der Waals surface area contributed by atoms with Gasteiger partial charge in [-0.1, -0.05) is 23.8 Å². The van der Waals surface area contributed by atoms with Crippen LogP contribution in [-0.2, 0) is 0 Å². The van der Waals surface area contributed by atoms with Crippen molar-refractivity contribution in [2.24, 2.45) is 0 Å². The number of rotatable bonds is 2. The van der Waals surface area contributed by atoms with Gasteiger partial charge in [-0.3, -0.25) is 0 Å². The van der Waals surface area contributed by atoms with Crippen molar-refractivity contribution in [1.82, 2.24) is 0 Å². The van der Waals surface area contributed by atoms with Crippen molar-refractivity contribution in [1.29, 1.82) is 0 Å². The molecular formula is C13H13NO2S. The van der Waals surface area contributed by atoms with Gasteiger partial charge in [-0.25, -0.2) is 4.79 Å². The van der Waals surface area contributed by atoms with Crippen molar-refractivity contribution in [2.75, 3.05) is 5.73 Å². The molecule has 1 aromatic heterocycles. The number of nitrogen functional groups attached to an aromatic ring is 1. The summed E-state index contributed by atoms with van der Waals surface area (Å²) in [6.45, 7) is 4.02.